The Morgan fingerprint density at radius 3 is 2.62 bits per heavy atom. The van der Waals surface area contributed by atoms with Crippen LogP contribution in [0.3, 0.4) is 0 Å². The Morgan fingerprint density at radius 2 is 2.06 bits per heavy atom. The van der Waals surface area contributed by atoms with Crippen molar-refractivity contribution < 1.29 is 9.90 Å². The van der Waals surface area contributed by atoms with Crippen LogP contribution in [0.5, 0.6) is 0 Å². The first-order chi connectivity index (χ1) is 7.70. The standard InChI is InChI=1S/C14H18O2/c1-3-4-8-13(11(2)16)14-9-6-5-7-12(14)10-15/h5-9,15H,3-4,10H2,1-2H3/b13-8+. The number of ketones is 1. The van der Waals surface area contributed by atoms with Crippen LogP contribution >= 0.6 is 0 Å². The maximum Gasteiger partial charge on any atom is 0.160 e. The summed E-state index contributed by atoms with van der Waals surface area (Å²) in [5, 5.41) is 9.24. The molecule has 0 unspecified atom stereocenters. The summed E-state index contributed by atoms with van der Waals surface area (Å²) in [5.74, 6) is 0.0503. The molecule has 0 aliphatic carbocycles. The second-order valence-corrected chi connectivity index (χ2v) is 3.78. The molecule has 1 aromatic carbocycles. The Hall–Kier alpha value is -1.41. The van der Waals surface area contributed by atoms with E-state index in [2.05, 4.69) is 6.92 Å². The van der Waals surface area contributed by atoms with Crippen LogP contribution in [0.1, 0.15) is 37.8 Å². The average molecular weight is 218 g/mol. The summed E-state index contributed by atoms with van der Waals surface area (Å²) in [6.45, 7) is 3.61. The van der Waals surface area contributed by atoms with Gasteiger partial charge in [0.2, 0.25) is 0 Å². The highest BCUT2D eigenvalue weighted by atomic mass is 16.3. The van der Waals surface area contributed by atoms with Gasteiger partial charge in [-0.05, 0) is 24.5 Å². The fourth-order valence-corrected chi connectivity index (χ4v) is 1.65. The molecular weight excluding hydrogens is 200 g/mol. The van der Waals surface area contributed by atoms with E-state index in [1.165, 1.54) is 0 Å². The molecule has 0 bridgehead atoms. The van der Waals surface area contributed by atoms with Crippen LogP contribution in [0.25, 0.3) is 5.57 Å². The predicted octanol–water partition coefficient (Wildman–Crippen LogP) is 2.95. The number of hydrogen-bond acceptors (Lipinski definition) is 2. The zero-order valence-electron chi connectivity index (χ0n) is 9.86. The van der Waals surface area contributed by atoms with Crippen LogP contribution < -0.4 is 0 Å². The average Bonchev–Trinajstić information content (AvgIpc) is 2.29. The van der Waals surface area contributed by atoms with Gasteiger partial charge in [-0.15, -0.1) is 0 Å². The Bertz CT molecular complexity index is 391. The molecule has 0 fully saturated rings. The molecule has 0 aliphatic rings. The predicted molar refractivity (Wildman–Crippen MR) is 65.9 cm³/mol. The third-order valence-corrected chi connectivity index (χ3v) is 2.49. The number of hydrogen-bond donors (Lipinski definition) is 1. The van der Waals surface area contributed by atoms with E-state index < -0.39 is 0 Å². The highest BCUT2D eigenvalue weighted by molar-refractivity contribution is 6.19. The molecule has 1 aromatic rings. The summed E-state index contributed by atoms with van der Waals surface area (Å²) in [6, 6.07) is 7.48. The molecule has 1 rings (SSSR count). The van der Waals surface area contributed by atoms with Crippen LogP contribution in [0, 0.1) is 0 Å². The van der Waals surface area contributed by atoms with Crippen LogP contribution in [0.4, 0.5) is 0 Å². The molecule has 0 heterocycles. The zero-order chi connectivity index (χ0) is 12.0. The summed E-state index contributed by atoms with van der Waals surface area (Å²) in [7, 11) is 0. The molecule has 0 saturated heterocycles. The second kappa shape index (κ2) is 6.23. The minimum absolute atomic E-state index is 0.0348. The highest BCUT2D eigenvalue weighted by Gasteiger charge is 2.10. The van der Waals surface area contributed by atoms with Gasteiger partial charge in [-0.2, -0.15) is 0 Å². The first-order valence-electron chi connectivity index (χ1n) is 5.61. The van der Waals surface area contributed by atoms with Gasteiger partial charge in [0.1, 0.15) is 0 Å². The number of unbranched alkanes of at least 4 members (excludes halogenated alkanes) is 1. The maximum atomic E-state index is 11.6. The molecule has 0 amide bonds. The zero-order valence-corrected chi connectivity index (χ0v) is 9.86. The van der Waals surface area contributed by atoms with Gasteiger partial charge >= 0.3 is 0 Å². The molecular formula is C14H18O2. The van der Waals surface area contributed by atoms with Crippen LogP contribution in [-0.2, 0) is 11.4 Å². The number of rotatable bonds is 5. The summed E-state index contributed by atoms with van der Waals surface area (Å²) >= 11 is 0. The fourth-order valence-electron chi connectivity index (χ4n) is 1.65. The third kappa shape index (κ3) is 3.04. The monoisotopic (exact) mass is 218 g/mol. The smallest absolute Gasteiger partial charge is 0.160 e. The quantitative estimate of drug-likeness (QED) is 0.771. The van der Waals surface area contributed by atoms with Crippen molar-refractivity contribution in [3.63, 3.8) is 0 Å². The Labute approximate surface area is 96.6 Å². The van der Waals surface area contributed by atoms with E-state index in [-0.39, 0.29) is 12.4 Å². The van der Waals surface area contributed by atoms with Crippen molar-refractivity contribution in [3.8, 4) is 0 Å². The molecule has 2 heteroatoms. The van der Waals surface area contributed by atoms with Crippen molar-refractivity contribution in [1.82, 2.24) is 0 Å². The Morgan fingerprint density at radius 1 is 1.38 bits per heavy atom. The van der Waals surface area contributed by atoms with E-state index in [1.54, 1.807) is 6.92 Å². The van der Waals surface area contributed by atoms with Gasteiger partial charge in [-0.25, -0.2) is 0 Å². The van der Waals surface area contributed by atoms with Crippen LogP contribution in [-0.4, -0.2) is 10.9 Å². The molecule has 0 atom stereocenters. The summed E-state index contributed by atoms with van der Waals surface area (Å²) in [6.07, 6.45) is 3.85. The van der Waals surface area contributed by atoms with Crippen LogP contribution in [0.15, 0.2) is 30.3 Å². The summed E-state index contributed by atoms with van der Waals surface area (Å²) in [4.78, 5) is 11.6. The number of Topliss-reactive ketones (excluding diaryl/α,β-unsaturated/α-hetero) is 1. The van der Waals surface area contributed by atoms with Crippen LogP contribution in [0.2, 0.25) is 0 Å². The lowest BCUT2D eigenvalue weighted by Gasteiger charge is -2.09. The molecule has 0 radical (unpaired) electrons. The molecule has 0 aromatic heterocycles. The molecule has 2 nitrogen and oxygen atoms in total. The topological polar surface area (TPSA) is 37.3 Å². The number of aliphatic hydroxyl groups is 1. The molecule has 0 saturated carbocycles. The van der Waals surface area contributed by atoms with Crippen molar-refractivity contribution in [2.75, 3.05) is 0 Å². The van der Waals surface area contributed by atoms with E-state index in [4.69, 9.17) is 0 Å². The lowest BCUT2D eigenvalue weighted by Crippen LogP contribution is -2.00. The Kier molecular flexibility index (Phi) is 4.93. The molecule has 1 N–H and O–H groups in total. The van der Waals surface area contributed by atoms with Gasteiger partial charge in [-0.1, -0.05) is 43.7 Å². The largest absolute Gasteiger partial charge is 0.392 e. The highest BCUT2D eigenvalue weighted by Crippen LogP contribution is 2.21. The Balaban J connectivity index is 3.15. The second-order valence-electron chi connectivity index (χ2n) is 3.78. The molecule has 86 valence electrons. The van der Waals surface area contributed by atoms with E-state index in [0.717, 1.165) is 24.0 Å². The first kappa shape index (κ1) is 12.7. The molecule has 0 spiro atoms. The lowest BCUT2D eigenvalue weighted by atomic mass is 9.96. The number of aliphatic hydroxyl groups excluding tert-OH is 1. The van der Waals surface area contributed by atoms with Crippen molar-refractivity contribution in [2.24, 2.45) is 0 Å². The van der Waals surface area contributed by atoms with Crippen molar-refractivity contribution in [3.05, 3.63) is 41.5 Å². The lowest BCUT2D eigenvalue weighted by molar-refractivity contribution is -0.111. The van der Waals surface area contributed by atoms with Crippen molar-refractivity contribution in [1.29, 1.82) is 0 Å². The van der Waals surface area contributed by atoms with Gasteiger partial charge in [-0.3, -0.25) is 4.79 Å². The summed E-state index contributed by atoms with van der Waals surface area (Å²) in [5.41, 5.74) is 2.37. The first-order valence-corrected chi connectivity index (χ1v) is 5.61. The van der Waals surface area contributed by atoms with Crippen molar-refractivity contribution in [2.45, 2.75) is 33.3 Å². The van der Waals surface area contributed by atoms with Gasteiger partial charge in [0.15, 0.2) is 5.78 Å². The minimum atomic E-state index is -0.0348. The molecule has 16 heavy (non-hydrogen) atoms. The normalized spacial score (nSPS) is 11.6. The third-order valence-electron chi connectivity index (χ3n) is 2.49. The number of benzene rings is 1. The molecule has 0 aliphatic heterocycles. The summed E-state index contributed by atoms with van der Waals surface area (Å²) < 4.78 is 0. The SMILES string of the molecule is CCC/C=C(\C(C)=O)c1ccccc1CO. The van der Waals surface area contributed by atoms with E-state index in [0.29, 0.717) is 5.57 Å². The van der Waals surface area contributed by atoms with Gasteiger partial charge in [0, 0.05) is 5.57 Å². The van der Waals surface area contributed by atoms with E-state index in [1.807, 2.05) is 30.3 Å². The number of carbonyl (C=O) groups excluding carboxylic acids is 1. The maximum absolute atomic E-state index is 11.6. The van der Waals surface area contributed by atoms with E-state index >= 15 is 0 Å². The number of carbonyl (C=O) groups is 1. The fraction of sp³-hybridized carbons (Fsp3) is 0.357. The van der Waals surface area contributed by atoms with Gasteiger partial charge in [0.25, 0.3) is 0 Å². The minimum Gasteiger partial charge on any atom is -0.392 e. The van der Waals surface area contributed by atoms with E-state index in [9.17, 15) is 9.90 Å². The van der Waals surface area contributed by atoms with Crippen molar-refractivity contribution >= 4 is 11.4 Å². The number of allylic oxidation sites excluding steroid dienone is 2. The van der Waals surface area contributed by atoms with Gasteiger partial charge in [0.05, 0.1) is 6.61 Å². The van der Waals surface area contributed by atoms with Gasteiger partial charge < -0.3 is 5.11 Å².